The van der Waals surface area contributed by atoms with E-state index in [1.54, 1.807) is 14.1 Å². The van der Waals surface area contributed by atoms with Crippen molar-refractivity contribution in [3.05, 3.63) is 29.8 Å². The minimum Gasteiger partial charge on any atom is -0.406 e. The number of likely N-dealkylation sites (N-methyl/N-ethyl adjacent to an activating group) is 2. The molecule has 4 nitrogen and oxygen atoms in total. The van der Waals surface area contributed by atoms with Crippen molar-refractivity contribution in [1.29, 1.82) is 0 Å². The van der Waals surface area contributed by atoms with Crippen LogP contribution in [-0.4, -0.2) is 37.8 Å². The van der Waals surface area contributed by atoms with E-state index < -0.39 is 6.36 Å². The second kappa shape index (κ2) is 7.96. The molecule has 0 atom stereocenters. The number of ether oxygens (including phenoxy) is 1. The first-order chi connectivity index (χ1) is 8.81. The van der Waals surface area contributed by atoms with Crippen molar-refractivity contribution in [2.45, 2.75) is 12.9 Å². The predicted octanol–water partition coefficient (Wildman–Crippen LogP) is 2.18. The molecule has 0 aliphatic heterocycles. The second-order valence-corrected chi connectivity index (χ2v) is 3.97. The van der Waals surface area contributed by atoms with Gasteiger partial charge in [-0.25, -0.2) is 0 Å². The van der Waals surface area contributed by atoms with Crippen LogP contribution in [0.1, 0.15) is 5.56 Å². The summed E-state index contributed by atoms with van der Waals surface area (Å²) in [6, 6.07) is 5.42. The summed E-state index contributed by atoms with van der Waals surface area (Å²) in [6.45, 7) is 0.540. The van der Waals surface area contributed by atoms with Crippen molar-refractivity contribution in [3.8, 4) is 5.75 Å². The number of nitrogens with zero attached hydrogens (tertiary/aromatic N) is 1. The van der Waals surface area contributed by atoms with E-state index in [1.165, 1.54) is 29.2 Å². The van der Waals surface area contributed by atoms with E-state index in [4.69, 9.17) is 0 Å². The molecule has 0 saturated heterocycles. The van der Waals surface area contributed by atoms with E-state index in [9.17, 15) is 18.0 Å². The molecule has 0 bridgehead atoms. The molecule has 0 spiro atoms. The second-order valence-electron chi connectivity index (χ2n) is 3.97. The summed E-state index contributed by atoms with van der Waals surface area (Å²) in [5.74, 6) is -0.376. The lowest BCUT2D eigenvalue weighted by Gasteiger charge is -2.17. The van der Waals surface area contributed by atoms with E-state index in [0.29, 0.717) is 6.54 Å². The fourth-order valence-corrected chi connectivity index (χ4v) is 1.44. The SMILES string of the molecule is CNCC(=O)N(C)Cc1ccc(OC(F)(F)F)cc1.Cl. The largest absolute Gasteiger partial charge is 0.573 e. The van der Waals surface area contributed by atoms with Gasteiger partial charge in [-0.1, -0.05) is 12.1 Å². The molecule has 114 valence electrons. The van der Waals surface area contributed by atoms with E-state index in [0.717, 1.165) is 5.56 Å². The van der Waals surface area contributed by atoms with Crippen molar-refractivity contribution in [3.63, 3.8) is 0 Å². The zero-order valence-corrected chi connectivity index (χ0v) is 11.8. The Balaban J connectivity index is 0.00000361. The van der Waals surface area contributed by atoms with Crippen molar-refractivity contribution in [2.24, 2.45) is 0 Å². The number of halogens is 4. The van der Waals surface area contributed by atoms with Gasteiger partial charge in [0.2, 0.25) is 5.91 Å². The molecule has 0 fully saturated rings. The summed E-state index contributed by atoms with van der Waals surface area (Å²) >= 11 is 0. The standard InChI is InChI=1S/C12H15F3N2O2.ClH/c1-16-7-11(18)17(2)8-9-3-5-10(6-4-9)19-12(13,14)15;/h3-6,16H,7-8H2,1-2H3;1H. The molecule has 0 aliphatic rings. The lowest BCUT2D eigenvalue weighted by molar-refractivity contribution is -0.274. The number of carbonyl (C=O) groups excluding carboxylic acids is 1. The van der Waals surface area contributed by atoms with Crippen LogP contribution >= 0.6 is 12.4 Å². The molecule has 1 rings (SSSR count). The highest BCUT2D eigenvalue weighted by molar-refractivity contribution is 5.85. The molecule has 20 heavy (non-hydrogen) atoms. The van der Waals surface area contributed by atoms with Crippen LogP contribution in [0.3, 0.4) is 0 Å². The average Bonchev–Trinajstić information content (AvgIpc) is 2.30. The Morgan fingerprint density at radius 3 is 2.30 bits per heavy atom. The number of benzene rings is 1. The topological polar surface area (TPSA) is 41.6 Å². The molecule has 0 aliphatic carbocycles. The maximum Gasteiger partial charge on any atom is 0.573 e. The number of hydrogen-bond donors (Lipinski definition) is 1. The summed E-state index contributed by atoms with van der Waals surface area (Å²) < 4.78 is 39.6. The van der Waals surface area contributed by atoms with E-state index in [-0.39, 0.29) is 30.6 Å². The van der Waals surface area contributed by atoms with Crippen LogP contribution in [-0.2, 0) is 11.3 Å². The molecule has 1 aromatic carbocycles. The third-order valence-corrected chi connectivity index (χ3v) is 2.33. The Kier molecular flexibility index (Phi) is 7.38. The fourth-order valence-electron chi connectivity index (χ4n) is 1.44. The first kappa shape index (κ1) is 18.5. The molecule has 0 aromatic heterocycles. The molecule has 0 saturated carbocycles. The summed E-state index contributed by atoms with van der Waals surface area (Å²) in [6.07, 6.45) is -4.69. The zero-order chi connectivity index (χ0) is 14.5. The monoisotopic (exact) mass is 312 g/mol. The number of rotatable bonds is 5. The summed E-state index contributed by atoms with van der Waals surface area (Å²) in [5.41, 5.74) is 0.724. The molecule has 8 heteroatoms. The van der Waals surface area contributed by atoms with Gasteiger partial charge in [0, 0.05) is 13.6 Å². The lowest BCUT2D eigenvalue weighted by atomic mass is 10.2. The third kappa shape index (κ3) is 6.63. The number of nitrogens with one attached hydrogen (secondary N) is 1. The van der Waals surface area contributed by atoms with Crippen LogP contribution in [0.2, 0.25) is 0 Å². The van der Waals surface area contributed by atoms with Gasteiger partial charge >= 0.3 is 6.36 Å². The van der Waals surface area contributed by atoms with Gasteiger partial charge in [-0.2, -0.15) is 0 Å². The van der Waals surface area contributed by atoms with E-state index in [1.807, 2.05) is 0 Å². The smallest absolute Gasteiger partial charge is 0.406 e. The maximum atomic E-state index is 12.0. The van der Waals surface area contributed by atoms with Crippen LogP contribution in [0.4, 0.5) is 13.2 Å². The number of alkyl halides is 3. The number of hydrogen-bond acceptors (Lipinski definition) is 3. The molecular formula is C12H16ClF3N2O2. The molecule has 0 unspecified atom stereocenters. The van der Waals surface area contributed by atoms with Crippen LogP contribution in [0.5, 0.6) is 5.75 Å². The molecule has 1 amide bonds. The van der Waals surface area contributed by atoms with Crippen molar-refractivity contribution < 1.29 is 22.7 Å². The van der Waals surface area contributed by atoms with Gasteiger partial charge in [0.1, 0.15) is 5.75 Å². The molecule has 0 heterocycles. The fraction of sp³-hybridized carbons (Fsp3) is 0.417. The molecule has 0 radical (unpaired) electrons. The predicted molar refractivity (Wildman–Crippen MR) is 70.8 cm³/mol. The highest BCUT2D eigenvalue weighted by atomic mass is 35.5. The van der Waals surface area contributed by atoms with Gasteiger partial charge in [0.15, 0.2) is 0 Å². The maximum absolute atomic E-state index is 12.0. The van der Waals surface area contributed by atoms with Gasteiger partial charge < -0.3 is 15.0 Å². The Bertz CT molecular complexity index is 424. The molecule has 1 N–H and O–H groups in total. The third-order valence-electron chi connectivity index (χ3n) is 2.33. The Morgan fingerprint density at radius 1 is 1.30 bits per heavy atom. The van der Waals surface area contributed by atoms with Gasteiger partial charge in [-0.05, 0) is 24.7 Å². The normalized spacial score (nSPS) is 10.7. The van der Waals surface area contributed by atoms with Crippen LogP contribution in [0.15, 0.2) is 24.3 Å². The van der Waals surface area contributed by atoms with Crippen molar-refractivity contribution >= 4 is 18.3 Å². The quantitative estimate of drug-likeness (QED) is 0.906. The Morgan fingerprint density at radius 2 is 1.85 bits per heavy atom. The van der Waals surface area contributed by atoms with Crippen LogP contribution < -0.4 is 10.1 Å². The van der Waals surface area contributed by atoms with Crippen molar-refractivity contribution in [1.82, 2.24) is 10.2 Å². The van der Waals surface area contributed by atoms with Gasteiger partial charge in [0.25, 0.3) is 0 Å². The highest BCUT2D eigenvalue weighted by Gasteiger charge is 2.30. The minimum absolute atomic E-state index is 0. The van der Waals surface area contributed by atoms with Crippen LogP contribution in [0, 0.1) is 0 Å². The highest BCUT2D eigenvalue weighted by Crippen LogP contribution is 2.22. The first-order valence-corrected chi connectivity index (χ1v) is 5.55. The van der Waals surface area contributed by atoms with E-state index in [2.05, 4.69) is 10.1 Å². The molecular weight excluding hydrogens is 297 g/mol. The number of carbonyl (C=O) groups is 1. The summed E-state index contributed by atoms with van der Waals surface area (Å²) in [4.78, 5) is 13.0. The molecule has 1 aromatic rings. The van der Waals surface area contributed by atoms with Crippen LogP contribution in [0.25, 0.3) is 0 Å². The van der Waals surface area contributed by atoms with Gasteiger partial charge in [0.05, 0.1) is 6.54 Å². The first-order valence-electron chi connectivity index (χ1n) is 5.55. The lowest BCUT2D eigenvalue weighted by Crippen LogP contribution is -2.33. The summed E-state index contributed by atoms with van der Waals surface area (Å²) in [5, 5.41) is 2.73. The van der Waals surface area contributed by atoms with Gasteiger partial charge in [-0.15, -0.1) is 25.6 Å². The minimum atomic E-state index is -4.69. The number of amides is 1. The van der Waals surface area contributed by atoms with Gasteiger partial charge in [-0.3, -0.25) is 4.79 Å². The summed E-state index contributed by atoms with van der Waals surface area (Å²) in [7, 11) is 3.29. The zero-order valence-electron chi connectivity index (χ0n) is 11.0. The van der Waals surface area contributed by atoms with Crippen molar-refractivity contribution in [2.75, 3.05) is 20.6 Å². The van der Waals surface area contributed by atoms with E-state index >= 15 is 0 Å². The average molecular weight is 313 g/mol. The Labute approximate surface area is 121 Å². The Hall–Kier alpha value is -1.47.